The van der Waals surface area contributed by atoms with Crippen LogP contribution in [0, 0.1) is 0 Å². The number of nitrogens with one attached hydrogen (secondary N) is 2. The molecule has 23 heavy (non-hydrogen) atoms. The van der Waals surface area contributed by atoms with Gasteiger partial charge in [-0.1, -0.05) is 44.2 Å². The van der Waals surface area contributed by atoms with Gasteiger partial charge in [-0.15, -0.1) is 24.0 Å². The Morgan fingerprint density at radius 1 is 1.13 bits per heavy atom. The van der Waals surface area contributed by atoms with Gasteiger partial charge in [-0.05, 0) is 45.0 Å². The Morgan fingerprint density at radius 3 is 2.35 bits per heavy atom. The van der Waals surface area contributed by atoms with E-state index in [0.29, 0.717) is 0 Å². The molecule has 0 amide bonds. The minimum Gasteiger partial charge on any atom is -0.356 e. The summed E-state index contributed by atoms with van der Waals surface area (Å²) >= 11 is 0. The van der Waals surface area contributed by atoms with E-state index in [4.69, 9.17) is 0 Å². The lowest BCUT2D eigenvalue weighted by molar-refractivity contribution is 0.297. The van der Waals surface area contributed by atoms with E-state index in [9.17, 15) is 0 Å². The van der Waals surface area contributed by atoms with Crippen molar-refractivity contribution in [3.05, 3.63) is 35.9 Å². The number of halogens is 1. The van der Waals surface area contributed by atoms with Crippen molar-refractivity contribution in [2.75, 3.05) is 33.2 Å². The van der Waals surface area contributed by atoms with Crippen LogP contribution in [0.15, 0.2) is 35.3 Å². The first-order chi connectivity index (χ1) is 10.7. The van der Waals surface area contributed by atoms with Crippen molar-refractivity contribution in [3.8, 4) is 0 Å². The Morgan fingerprint density at radius 2 is 1.78 bits per heavy atom. The molecule has 0 bridgehead atoms. The SMILES string of the molecule is CCN(CC)CCCCNC(=NC)NC(C)c1ccccc1.I. The van der Waals surface area contributed by atoms with Crippen LogP contribution >= 0.6 is 24.0 Å². The Bertz CT molecular complexity index is 418. The lowest BCUT2D eigenvalue weighted by Crippen LogP contribution is -2.39. The normalized spacial score (nSPS) is 12.7. The zero-order chi connectivity index (χ0) is 16.2. The van der Waals surface area contributed by atoms with E-state index in [0.717, 1.165) is 32.0 Å². The van der Waals surface area contributed by atoms with Crippen LogP contribution in [0.1, 0.15) is 45.2 Å². The molecule has 0 aliphatic rings. The van der Waals surface area contributed by atoms with Gasteiger partial charge in [0.2, 0.25) is 0 Å². The van der Waals surface area contributed by atoms with Crippen LogP contribution in [0.2, 0.25) is 0 Å². The van der Waals surface area contributed by atoms with Crippen LogP contribution in [0.3, 0.4) is 0 Å². The quantitative estimate of drug-likeness (QED) is 0.271. The van der Waals surface area contributed by atoms with Crippen molar-refractivity contribution < 1.29 is 0 Å². The number of aliphatic imine (C=N–C) groups is 1. The van der Waals surface area contributed by atoms with Gasteiger partial charge < -0.3 is 15.5 Å². The van der Waals surface area contributed by atoms with Gasteiger partial charge in [0.05, 0.1) is 6.04 Å². The number of guanidine groups is 1. The number of hydrogen-bond acceptors (Lipinski definition) is 2. The second kappa shape index (κ2) is 13.6. The molecular weight excluding hydrogens is 399 g/mol. The molecular formula is C18H33IN4. The molecule has 0 saturated heterocycles. The van der Waals surface area contributed by atoms with Gasteiger partial charge in [0.1, 0.15) is 0 Å². The third kappa shape index (κ3) is 9.15. The molecule has 2 N–H and O–H groups in total. The predicted molar refractivity (Wildman–Crippen MR) is 112 cm³/mol. The lowest BCUT2D eigenvalue weighted by atomic mass is 10.1. The molecule has 0 saturated carbocycles. The fourth-order valence-electron chi connectivity index (χ4n) is 2.43. The summed E-state index contributed by atoms with van der Waals surface area (Å²) in [5.41, 5.74) is 1.27. The van der Waals surface area contributed by atoms with Crippen LogP contribution in [0.5, 0.6) is 0 Å². The molecule has 0 heterocycles. The molecule has 4 nitrogen and oxygen atoms in total. The summed E-state index contributed by atoms with van der Waals surface area (Å²) < 4.78 is 0. The molecule has 0 fully saturated rings. The highest BCUT2D eigenvalue weighted by molar-refractivity contribution is 14.0. The van der Waals surface area contributed by atoms with Crippen molar-refractivity contribution in [1.29, 1.82) is 0 Å². The smallest absolute Gasteiger partial charge is 0.191 e. The lowest BCUT2D eigenvalue weighted by Gasteiger charge is -2.19. The standard InChI is InChI=1S/C18H32N4.HI/c1-5-22(6-2)15-11-10-14-20-18(19-4)21-16(3)17-12-8-7-9-13-17;/h7-9,12-13,16H,5-6,10-11,14-15H2,1-4H3,(H2,19,20,21);1H. The third-order valence-electron chi connectivity index (χ3n) is 3.96. The molecule has 1 rings (SSSR count). The van der Waals surface area contributed by atoms with Gasteiger partial charge in [-0.3, -0.25) is 4.99 Å². The summed E-state index contributed by atoms with van der Waals surface area (Å²) in [4.78, 5) is 6.77. The van der Waals surface area contributed by atoms with Crippen molar-refractivity contribution in [3.63, 3.8) is 0 Å². The number of hydrogen-bond donors (Lipinski definition) is 2. The summed E-state index contributed by atoms with van der Waals surface area (Å²) in [6.07, 6.45) is 2.39. The van der Waals surface area contributed by atoms with Gasteiger partial charge in [-0.25, -0.2) is 0 Å². The molecule has 0 aliphatic heterocycles. The molecule has 0 aromatic heterocycles. The maximum atomic E-state index is 4.30. The summed E-state index contributed by atoms with van der Waals surface area (Å²) in [5.74, 6) is 0.874. The Kier molecular flexibility index (Phi) is 13.1. The van der Waals surface area contributed by atoms with E-state index in [1.807, 2.05) is 13.1 Å². The maximum absolute atomic E-state index is 4.30. The summed E-state index contributed by atoms with van der Waals surface area (Å²) in [6.45, 7) is 11.0. The van der Waals surface area contributed by atoms with Crippen molar-refractivity contribution >= 4 is 29.9 Å². The van der Waals surface area contributed by atoms with Gasteiger partial charge in [-0.2, -0.15) is 0 Å². The maximum Gasteiger partial charge on any atom is 0.191 e. The minimum absolute atomic E-state index is 0. The monoisotopic (exact) mass is 432 g/mol. The second-order valence-electron chi connectivity index (χ2n) is 5.51. The van der Waals surface area contributed by atoms with Crippen LogP contribution < -0.4 is 10.6 Å². The van der Waals surface area contributed by atoms with E-state index in [1.54, 1.807) is 0 Å². The molecule has 1 aromatic carbocycles. The molecule has 0 spiro atoms. The summed E-state index contributed by atoms with van der Waals surface area (Å²) in [6, 6.07) is 10.7. The third-order valence-corrected chi connectivity index (χ3v) is 3.96. The van der Waals surface area contributed by atoms with Crippen molar-refractivity contribution in [2.24, 2.45) is 4.99 Å². The predicted octanol–water partition coefficient (Wildman–Crippen LogP) is 3.65. The van der Waals surface area contributed by atoms with Crippen LogP contribution in [0.4, 0.5) is 0 Å². The molecule has 132 valence electrons. The van der Waals surface area contributed by atoms with E-state index >= 15 is 0 Å². The highest BCUT2D eigenvalue weighted by atomic mass is 127. The molecule has 1 unspecified atom stereocenters. The first kappa shape index (κ1) is 22.2. The number of benzene rings is 1. The Labute approximate surface area is 159 Å². The number of rotatable bonds is 9. The molecule has 1 aromatic rings. The highest BCUT2D eigenvalue weighted by Gasteiger charge is 2.06. The number of nitrogens with zero attached hydrogens (tertiary/aromatic N) is 2. The topological polar surface area (TPSA) is 39.7 Å². The number of unbranched alkanes of at least 4 members (excludes halogenated alkanes) is 1. The van der Waals surface area contributed by atoms with Gasteiger partial charge >= 0.3 is 0 Å². The second-order valence-corrected chi connectivity index (χ2v) is 5.51. The van der Waals surface area contributed by atoms with Crippen LogP contribution in [-0.2, 0) is 0 Å². The fourth-order valence-corrected chi connectivity index (χ4v) is 2.43. The van der Waals surface area contributed by atoms with E-state index in [-0.39, 0.29) is 30.0 Å². The first-order valence-corrected chi connectivity index (χ1v) is 8.45. The van der Waals surface area contributed by atoms with Gasteiger partial charge in [0.25, 0.3) is 0 Å². The van der Waals surface area contributed by atoms with Gasteiger partial charge in [0.15, 0.2) is 5.96 Å². The van der Waals surface area contributed by atoms with E-state index in [2.05, 4.69) is 65.6 Å². The fraction of sp³-hybridized carbons (Fsp3) is 0.611. The van der Waals surface area contributed by atoms with E-state index < -0.39 is 0 Å². The molecule has 5 heteroatoms. The molecule has 1 atom stereocenters. The van der Waals surface area contributed by atoms with Crippen molar-refractivity contribution in [1.82, 2.24) is 15.5 Å². The van der Waals surface area contributed by atoms with Crippen LogP contribution in [-0.4, -0.2) is 44.1 Å². The minimum atomic E-state index is 0. The van der Waals surface area contributed by atoms with Gasteiger partial charge in [0, 0.05) is 13.6 Å². The average molecular weight is 432 g/mol. The molecule has 0 aliphatic carbocycles. The summed E-state index contributed by atoms with van der Waals surface area (Å²) in [7, 11) is 1.82. The highest BCUT2D eigenvalue weighted by Crippen LogP contribution is 2.10. The Hall–Kier alpha value is -0.820. The zero-order valence-electron chi connectivity index (χ0n) is 15.0. The van der Waals surface area contributed by atoms with Crippen LogP contribution in [0.25, 0.3) is 0 Å². The zero-order valence-corrected chi connectivity index (χ0v) is 17.3. The largest absolute Gasteiger partial charge is 0.356 e. The summed E-state index contributed by atoms with van der Waals surface area (Å²) in [5, 5.41) is 6.83. The average Bonchev–Trinajstić information content (AvgIpc) is 2.57. The molecule has 0 radical (unpaired) electrons. The first-order valence-electron chi connectivity index (χ1n) is 8.45. The Balaban J connectivity index is 0.00000484. The van der Waals surface area contributed by atoms with Crippen molar-refractivity contribution in [2.45, 2.75) is 39.7 Å². The van der Waals surface area contributed by atoms with E-state index in [1.165, 1.54) is 18.5 Å².